The van der Waals surface area contributed by atoms with Gasteiger partial charge in [0.2, 0.25) is 5.89 Å². The van der Waals surface area contributed by atoms with E-state index >= 15 is 0 Å². The average molecular weight is 267 g/mol. The van der Waals surface area contributed by atoms with Crippen molar-refractivity contribution in [3.05, 3.63) is 35.7 Å². The molecule has 18 heavy (non-hydrogen) atoms. The fourth-order valence-corrected chi connectivity index (χ4v) is 2.20. The lowest BCUT2D eigenvalue weighted by molar-refractivity contribution is 0.383. The maximum absolute atomic E-state index is 13.1. The maximum Gasteiger partial charge on any atom is 0.237 e. The monoisotopic (exact) mass is 267 g/mol. The number of benzene rings is 1. The quantitative estimate of drug-likeness (QED) is 0.680. The molecule has 2 rings (SSSR count). The van der Waals surface area contributed by atoms with Crippen LogP contribution in [0.1, 0.15) is 31.5 Å². The molecule has 0 amide bonds. The van der Waals surface area contributed by atoms with E-state index in [9.17, 15) is 4.39 Å². The molecule has 0 aliphatic carbocycles. The smallest absolute Gasteiger partial charge is 0.237 e. The zero-order valence-corrected chi connectivity index (χ0v) is 11.0. The van der Waals surface area contributed by atoms with Crippen molar-refractivity contribution < 1.29 is 8.91 Å². The van der Waals surface area contributed by atoms with Gasteiger partial charge in [-0.1, -0.05) is 19.0 Å². The Hall–Kier alpha value is -1.56. The predicted molar refractivity (Wildman–Crippen MR) is 68.8 cm³/mol. The number of halogens is 1. The van der Waals surface area contributed by atoms with Gasteiger partial charge < -0.3 is 10.3 Å². The third-order valence-corrected chi connectivity index (χ3v) is 3.22. The summed E-state index contributed by atoms with van der Waals surface area (Å²) in [5.74, 6) is 1.61. The number of aromatic nitrogens is 2. The third-order valence-electron chi connectivity index (χ3n) is 2.26. The molecule has 0 aliphatic heterocycles. The van der Waals surface area contributed by atoms with E-state index in [2.05, 4.69) is 10.1 Å². The van der Waals surface area contributed by atoms with Crippen molar-refractivity contribution in [1.82, 2.24) is 10.1 Å². The molecule has 0 aliphatic rings. The number of nitrogens with two attached hydrogens (primary N) is 1. The number of nitrogens with zero attached hydrogens (tertiary/aromatic N) is 2. The molecule has 2 aromatic rings. The zero-order chi connectivity index (χ0) is 13.1. The summed E-state index contributed by atoms with van der Waals surface area (Å²) in [5.41, 5.74) is 5.98. The predicted octanol–water partition coefficient (Wildman–Crippen LogP) is 3.21. The summed E-state index contributed by atoms with van der Waals surface area (Å²) in [6.07, 6.45) is 0. The lowest BCUT2D eigenvalue weighted by Crippen LogP contribution is -1.90. The highest BCUT2D eigenvalue weighted by Gasteiger charge is 2.10. The molecule has 4 nitrogen and oxygen atoms in total. The fraction of sp³-hybridized carbons (Fsp3) is 0.333. The van der Waals surface area contributed by atoms with Crippen LogP contribution in [0.5, 0.6) is 0 Å². The minimum Gasteiger partial charge on any atom is -0.399 e. The van der Waals surface area contributed by atoms with Crippen LogP contribution in [0.15, 0.2) is 27.6 Å². The number of hydrogen-bond acceptors (Lipinski definition) is 5. The SMILES string of the molecule is CC(C)c1noc(CSc2cc(N)cc(F)c2)n1. The standard InChI is InChI=1S/C12H14FN3OS/c1-7(2)12-15-11(17-16-12)6-18-10-4-8(13)3-9(14)5-10/h3-5,7H,6,14H2,1-2H3. The van der Waals surface area contributed by atoms with Gasteiger partial charge >= 0.3 is 0 Å². The van der Waals surface area contributed by atoms with Gasteiger partial charge in [0.25, 0.3) is 0 Å². The number of anilines is 1. The van der Waals surface area contributed by atoms with E-state index in [1.54, 1.807) is 6.07 Å². The van der Waals surface area contributed by atoms with Crippen molar-refractivity contribution in [2.75, 3.05) is 5.73 Å². The van der Waals surface area contributed by atoms with E-state index in [-0.39, 0.29) is 11.7 Å². The Morgan fingerprint density at radius 2 is 2.17 bits per heavy atom. The van der Waals surface area contributed by atoms with Gasteiger partial charge in [-0.15, -0.1) is 11.8 Å². The first-order valence-electron chi connectivity index (χ1n) is 5.56. The number of nitrogen functional groups attached to an aromatic ring is 1. The van der Waals surface area contributed by atoms with Gasteiger partial charge in [0, 0.05) is 16.5 Å². The second-order valence-corrected chi connectivity index (χ2v) is 5.26. The molecule has 0 saturated carbocycles. The molecule has 1 aromatic carbocycles. The van der Waals surface area contributed by atoms with Crippen LogP contribution >= 0.6 is 11.8 Å². The molecule has 0 unspecified atom stereocenters. The molecular weight excluding hydrogens is 253 g/mol. The zero-order valence-electron chi connectivity index (χ0n) is 10.2. The van der Waals surface area contributed by atoms with Crippen LogP contribution < -0.4 is 5.73 Å². The van der Waals surface area contributed by atoms with Crippen LogP contribution in [0.2, 0.25) is 0 Å². The van der Waals surface area contributed by atoms with Crippen molar-refractivity contribution in [3.8, 4) is 0 Å². The molecule has 0 fully saturated rings. The molecule has 0 bridgehead atoms. The molecular formula is C12H14FN3OS. The first-order chi connectivity index (χ1) is 8.54. The minimum atomic E-state index is -0.342. The van der Waals surface area contributed by atoms with Crippen LogP contribution in [0, 0.1) is 5.82 Å². The lowest BCUT2D eigenvalue weighted by atomic mass is 10.2. The van der Waals surface area contributed by atoms with E-state index in [0.29, 0.717) is 23.2 Å². The molecule has 2 N–H and O–H groups in total. The van der Waals surface area contributed by atoms with Crippen LogP contribution in [0.25, 0.3) is 0 Å². The van der Waals surface area contributed by atoms with Gasteiger partial charge in [-0.2, -0.15) is 4.98 Å². The lowest BCUT2D eigenvalue weighted by Gasteiger charge is -2.00. The topological polar surface area (TPSA) is 64.9 Å². The van der Waals surface area contributed by atoms with E-state index in [4.69, 9.17) is 10.3 Å². The molecule has 1 heterocycles. The molecule has 96 valence electrons. The first-order valence-corrected chi connectivity index (χ1v) is 6.54. The van der Waals surface area contributed by atoms with Gasteiger partial charge in [-0.05, 0) is 18.2 Å². The normalized spacial score (nSPS) is 11.1. The summed E-state index contributed by atoms with van der Waals surface area (Å²) in [6.45, 7) is 3.99. The molecule has 0 atom stereocenters. The number of hydrogen-bond donors (Lipinski definition) is 1. The van der Waals surface area contributed by atoms with Gasteiger partial charge in [0.05, 0.1) is 5.75 Å². The van der Waals surface area contributed by atoms with Gasteiger partial charge in [-0.3, -0.25) is 0 Å². The Morgan fingerprint density at radius 3 is 2.78 bits per heavy atom. The molecule has 6 heteroatoms. The Labute approximate surface area is 109 Å². The molecule has 0 saturated heterocycles. The summed E-state index contributed by atoms with van der Waals surface area (Å²) >= 11 is 1.41. The van der Waals surface area contributed by atoms with Crippen molar-refractivity contribution >= 4 is 17.4 Å². The Kier molecular flexibility index (Phi) is 3.86. The van der Waals surface area contributed by atoms with E-state index in [0.717, 1.165) is 4.90 Å². The largest absolute Gasteiger partial charge is 0.399 e. The summed E-state index contributed by atoms with van der Waals surface area (Å²) < 4.78 is 18.2. The first kappa shape index (κ1) is 12.9. The van der Waals surface area contributed by atoms with Crippen molar-refractivity contribution in [2.45, 2.75) is 30.4 Å². The fourth-order valence-electron chi connectivity index (χ4n) is 1.37. The van der Waals surface area contributed by atoms with Crippen LogP contribution in [-0.2, 0) is 5.75 Å². The highest BCUT2D eigenvalue weighted by molar-refractivity contribution is 7.98. The van der Waals surface area contributed by atoms with Crippen molar-refractivity contribution in [2.24, 2.45) is 0 Å². The number of rotatable bonds is 4. The van der Waals surface area contributed by atoms with Crippen molar-refractivity contribution in [3.63, 3.8) is 0 Å². The summed E-state index contributed by atoms with van der Waals surface area (Å²) in [4.78, 5) is 4.99. The molecule has 0 spiro atoms. The van der Waals surface area contributed by atoms with Gasteiger partial charge in [0.15, 0.2) is 5.82 Å². The van der Waals surface area contributed by atoms with E-state index < -0.39 is 0 Å². The van der Waals surface area contributed by atoms with Crippen LogP contribution in [0.4, 0.5) is 10.1 Å². The highest BCUT2D eigenvalue weighted by atomic mass is 32.2. The minimum absolute atomic E-state index is 0.234. The Bertz CT molecular complexity index is 522. The molecule has 1 aromatic heterocycles. The summed E-state index contributed by atoms with van der Waals surface area (Å²) in [7, 11) is 0. The van der Waals surface area contributed by atoms with E-state index in [1.807, 2.05) is 13.8 Å². The van der Waals surface area contributed by atoms with Gasteiger partial charge in [-0.25, -0.2) is 4.39 Å². The highest BCUT2D eigenvalue weighted by Crippen LogP contribution is 2.25. The number of thioether (sulfide) groups is 1. The second-order valence-electron chi connectivity index (χ2n) is 4.21. The summed E-state index contributed by atoms with van der Waals surface area (Å²) in [6, 6.07) is 4.43. The average Bonchev–Trinajstić information content (AvgIpc) is 2.73. The Balaban J connectivity index is 2.02. The van der Waals surface area contributed by atoms with Gasteiger partial charge in [0.1, 0.15) is 5.82 Å². The summed E-state index contributed by atoms with van der Waals surface area (Å²) in [5, 5.41) is 3.86. The molecule has 0 radical (unpaired) electrons. The second kappa shape index (κ2) is 5.39. The van der Waals surface area contributed by atoms with Crippen LogP contribution in [0.3, 0.4) is 0 Å². The Morgan fingerprint density at radius 1 is 1.39 bits per heavy atom. The van der Waals surface area contributed by atoms with Crippen LogP contribution in [-0.4, -0.2) is 10.1 Å². The van der Waals surface area contributed by atoms with E-state index in [1.165, 1.54) is 23.9 Å². The van der Waals surface area contributed by atoms with Crippen molar-refractivity contribution in [1.29, 1.82) is 0 Å². The third kappa shape index (κ3) is 3.22. The maximum atomic E-state index is 13.1.